The van der Waals surface area contributed by atoms with Gasteiger partial charge in [0, 0.05) is 13.8 Å². The summed E-state index contributed by atoms with van der Waals surface area (Å²) in [5, 5.41) is 0. The molecule has 0 aromatic heterocycles. The van der Waals surface area contributed by atoms with Gasteiger partial charge in [0.2, 0.25) is 0 Å². The minimum Gasteiger partial charge on any atom is -0.458 e. The van der Waals surface area contributed by atoms with Crippen molar-refractivity contribution in [2.24, 2.45) is 0 Å². The van der Waals surface area contributed by atoms with Crippen LogP contribution in [0.25, 0.3) is 0 Å². The lowest BCUT2D eigenvalue weighted by atomic mass is 10.0. The van der Waals surface area contributed by atoms with E-state index in [-0.39, 0.29) is 24.1 Å². The van der Waals surface area contributed by atoms with Crippen LogP contribution in [0.3, 0.4) is 0 Å². The minimum absolute atomic E-state index is 0.204. The summed E-state index contributed by atoms with van der Waals surface area (Å²) in [4.78, 5) is 22.2. The van der Waals surface area contributed by atoms with Gasteiger partial charge in [0.15, 0.2) is 0 Å². The van der Waals surface area contributed by atoms with Crippen LogP contribution in [0, 0.1) is 0 Å². The van der Waals surface area contributed by atoms with Crippen molar-refractivity contribution in [1.29, 1.82) is 0 Å². The molecule has 0 heterocycles. The molecule has 0 fully saturated rings. The zero-order valence-electron chi connectivity index (χ0n) is 12.6. The summed E-state index contributed by atoms with van der Waals surface area (Å²) in [7, 11) is 0. The first-order valence-electron chi connectivity index (χ1n) is 7.60. The van der Waals surface area contributed by atoms with Crippen LogP contribution >= 0.6 is 0 Å². The molecule has 0 aromatic carbocycles. The van der Waals surface area contributed by atoms with E-state index in [0.29, 0.717) is 0 Å². The second-order valence-electron chi connectivity index (χ2n) is 5.38. The highest BCUT2D eigenvalue weighted by molar-refractivity contribution is 5.66. The second-order valence-corrected chi connectivity index (χ2v) is 5.38. The van der Waals surface area contributed by atoms with Gasteiger partial charge in [-0.3, -0.25) is 9.59 Å². The lowest BCUT2D eigenvalue weighted by Gasteiger charge is -2.17. The molecule has 4 heteroatoms. The Morgan fingerprint density at radius 2 is 1.10 bits per heavy atom. The molecule has 1 aliphatic carbocycles. The average molecular weight is 282 g/mol. The fourth-order valence-electron chi connectivity index (χ4n) is 2.46. The van der Waals surface area contributed by atoms with Crippen LogP contribution in [0.5, 0.6) is 0 Å². The predicted molar refractivity (Wildman–Crippen MR) is 77.2 cm³/mol. The molecule has 4 nitrogen and oxygen atoms in total. The maximum atomic E-state index is 11.1. The third-order valence-electron chi connectivity index (χ3n) is 3.40. The minimum atomic E-state index is -0.268. The largest absolute Gasteiger partial charge is 0.458 e. The predicted octanol–water partition coefficient (Wildman–Crippen LogP) is 3.54. The molecular formula is C16H26O4. The molecule has 1 aliphatic rings. The van der Waals surface area contributed by atoms with Gasteiger partial charge in [-0.15, -0.1) is 0 Å². The van der Waals surface area contributed by atoms with Gasteiger partial charge >= 0.3 is 11.9 Å². The first-order valence-corrected chi connectivity index (χ1v) is 7.60. The van der Waals surface area contributed by atoms with Crippen LogP contribution in [0.15, 0.2) is 12.2 Å². The smallest absolute Gasteiger partial charge is 0.303 e. The van der Waals surface area contributed by atoms with Gasteiger partial charge in [-0.25, -0.2) is 0 Å². The Hall–Kier alpha value is -1.32. The second kappa shape index (κ2) is 9.56. The maximum absolute atomic E-state index is 11.1. The zero-order valence-corrected chi connectivity index (χ0v) is 12.6. The third kappa shape index (κ3) is 7.97. The Kier molecular flexibility index (Phi) is 8.00. The Balaban J connectivity index is 2.65. The molecule has 114 valence electrons. The van der Waals surface area contributed by atoms with Gasteiger partial charge in [0.05, 0.1) is 0 Å². The highest BCUT2D eigenvalue weighted by atomic mass is 16.5. The summed E-state index contributed by atoms with van der Waals surface area (Å²) in [6.07, 6.45) is 11.9. The van der Waals surface area contributed by atoms with E-state index in [2.05, 4.69) is 0 Å². The van der Waals surface area contributed by atoms with E-state index in [1.165, 1.54) is 39.5 Å². The number of carbonyl (C=O) groups excluding carboxylic acids is 2. The molecule has 0 saturated heterocycles. The molecule has 2 unspecified atom stereocenters. The van der Waals surface area contributed by atoms with Crippen LogP contribution in [-0.4, -0.2) is 24.1 Å². The quantitative estimate of drug-likeness (QED) is 0.574. The fraction of sp³-hybridized carbons (Fsp3) is 0.750. The molecule has 0 N–H and O–H groups in total. The molecule has 1 rings (SSSR count). The van der Waals surface area contributed by atoms with Crippen LogP contribution < -0.4 is 0 Å². The number of ether oxygens (including phenoxy) is 2. The summed E-state index contributed by atoms with van der Waals surface area (Å²) < 4.78 is 10.6. The van der Waals surface area contributed by atoms with E-state index in [9.17, 15) is 9.59 Å². The summed E-state index contributed by atoms with van der Waals surface area (Å²) in [6.45, 7) is 2.85. The summed E-state index contributed by atoms with van der Waals surface area (Å²) in [5.74, 6) is -0.536. The molecule has 0 bridgehead atoms. The van der Waals surface area contributed by atoms with Crippen molar-refractivity contribution in [3.63, 3.8) is 0 Å². The molecule has 2 atom stereocenters. The van der Waals surface area contributed by atoms with Crippen molar-refractivity contribution in [3.05, 3.63) is 12.2 Å². The van der Waals surface area contributed by atoms with Crippen molar-refractivity contribution < 1.29 is 19.1 Å². The molecule has 0 radical (unpaired) electrons. The summed E-state index contributed by atoms with van der Waals surface area (Å²) in [5.41, 5.74) is 0. The fourth-order valence-corrected chi connectivity index (χ4v) is 2.46. The molecular weight excluding hydrogens is 256 g/mol. The highest BCUT2D eigenvalue weighted by Crippen LogP contribution is 2.17. The van der Waals surface area contributed by atoms with Gasteiger partial charge in [-0.2, -0.15) is 0 Å². The van der Waals surface area contributed by atoms with Gasteiger partial charge in [-0.05, 0) is 37.8 Å². The standard InChI is InChI=1S/C16H26O4/c1-13(17)19-15-9-7-5-3-4-6-8-10-16(12-11-15)20-14(2)18/h11-12,15-16H,3-10H2,1-2H3. The molecule has 0 saturated carbocycles. The lowest BCUT2D eigenvalue weighted by Crippen LogP contribution is -2.18. The third-order valence-corrected chi connectivity index (χ3v) is 3.40. The summed E-state index contributed by atoms with van der Waals surface area (Å²) >= 11 is 0. The Labute approximate surface area is 121 Å². The van der Waals surface area contributed by atoms with Crippen LogP contribution in [0.4, 0.5) is 0 Å². The van der Waals surface area contributed by atoms with Crippen molar-refractivity contribution in [1.82, 2.24) is 0 Å². The first-order chi connectivity index (χ1) is 9.58. The SMILES string of the molecule is CC(=O)OC1C=CC(OC(C)=O)CCCCCCCC1. The number of carbonyl (C=O) groups is 2. The average Bonchev–Trinajstić information content (AvgIpc) is 2.34. The number of rotatable bonds is 2. The van der Waals surface area contributed by atoms with Gasteiger partial charge in [0.25, 0.3) is 0 Å². The van der Waals surface area contributed by atoms with Crippen molar-refractivity contribution >= 4 is 11.9 Å². The van der Waals surface area contributed by atoms with Gasteiger partial charge in [0.1, 0.15) is 12.2 Å². The van der Waals surface area contributed by atoms with Crippen molar-refractivity contribution in [2.75, 3.05) is 0 Å². The molecule has 0 amide bonds. The van der Waals surface area contributed by atoms with E-state index in [0.717, 1.165) is 25.7 Å². The van der Waals surface area contributed by atoms with E-state index >= 15 is 0 Å². The molecule has 20 heavy (non-hydrogen) atoms. The number of hydrogen-bond acceptors (Lipinski definition) is 4. The van der Waals surface area contributed by atoms with Gasteiger partial charge in [-0.1, -0.05) is 25.7 Å². The molecule has 0 spiro atoms. The Bertz CT molecular complexity index is 303. The van der Waals surface area contributed by atoms with E-state index < -0.39 is 0 Å². The highest BCUT2D eigenvalue weighted by Gasteiger charge is 2.13. The molecule has 0 aromatic rings. The van der Waals surface area contributed by atoms with Crippen molar-refractivity contribution in [3.8, 4) is 0 Å². The van der Waals surface area contributed by atoms with Crippen LogP contribution in [0.2, 0.25) is 0 Å². The van der Waals surface area contributed by atoms with Crippen LogP contribution in [-0.2, 0) is 19.1 Å². The Morgan fingerprint density at radius 1 is 0.750 bits per heavy atom. The first kappa shape index (κ1) is 16.7. The normalized spacial score (nSPS) is 25.1. The topological polar surface area (TPSA) is 52.6 Å². The Morgan fingerprint density at radius 3 is 1.45 bits per heavy atom. The van der Waals surface area contributed by atoms with E-state index in [1.807, 2.05) is 12.2 Å². The van der Waals surface area contributed by atoms with Gasteiger partial charge < -0.3 is 9.47 Å². The van der Waals surface area contributed by atoms with E-state index in [1.54, 1.807) is 0 Å². The summed E-state index contributed by atoms with van der Waals surface area (Å²) in [6, 6.07) is 0. The molecule has 0 aliphatic heterocycles. The zero-order chi connectivity index (χ0) is 14.8. The monoisotopic (exact) mass is 282 g/mol. The number of hydrogen-bond donors (Lipinski definition) is 0. The van der Waals surface area contributed by atoms with Crippen molar-refractivity contribution in [2.45, 2.75) is 77.4 Å². The van der Waals surface area contributed by atoms with Crippen LogP contribution in [0.1, 0.15) is 65.2 Å². The maximum Gasteiger partial charge on any atom is 0.303 e. The number of esters is 2. The lowest BCUT2D eigenvalue weighted by molar-refractivity contribution is -0.146. The van der Waals surface area contributed by atoms with E-state index in [4.69, 9.17) is 9.47 Å².